The minimum atomic E-state index is -3.12. The summed E-state index contributed by atoms with van der Waals surface area (Å²) in [5.74, 6) is 2.28. The van der Waals surface area contributed by atoms with Crippen LogP contribution in [0.3, 0.4) is 0 Å². The van der Waals surface area contributed by atoms with Gasteiger partial charge in [-0.1, -0.05) is 25.4 Å². The van der Waals surface area contributed by atoms with Crippen LogP contribution in [0.15, 0.2) is 10.6 Å². The summed E-state index contributed by atoms with van der Waals surface area (Å²) in [6, 6.07) is 0. The van der Waals surface area contributed by atoms with E-state index in [0.717, 1.165) is 49.0 Å². The number of carbonyl (C=O) groups is 1. The highest BCUT2D eigenvalue weighted by molar-refractivity contribution is 7.88. The largest absolute Gasteiger partial charge is 0.298 e. The van der Waals surface area contributed by atoms with Crippen LogP contribution in [0.4, 0.5) is 0 Å². The molecule has 0 aromatic carbocycles. The van der Waals surface area contributed by atoms with E-state index in [4.69, 9.17) is 11.6 Å². The third-order valence-corrected chi connectivity index (χ3v) is 10.9. The molecule has 4 rings (SSSR count). The van der Waals surface area contributed by atoms with E-state index in [1.54, 1.807) is 4.31 Å². The molecule has 0 bridgehead atoms. The number of hydrogen-bond acceptors (Lipinski definition) is 3. The second-order valence-corrected chi connectivity index (χ2v) is 12.3. The number of rotatable bonds is 2. The van der Waals surface area contributed by atoms with Gasteiger partial charge < -0.3 is 0 Å². The Morgan fingerprint density at radius 2 is 1.81 bits per heavy atom. The average molecular weight is 414 g/mol. The van der Waals surface area contributed by atoms with Crippen LogP contribution in [-0.2, 0) is 14.8 Å². The van der Waals surface area contributed by atoms with Gasteiger partial charge in [0.2, 0.25) is 10.0 Å². The van der Waals surface area contributed by atoms with Gasteiger partial charge in [0.15, 0.2) is 0 Å². The van der Waals surface area contributed by atoms with Gasteiger partial charge in [0.05, 0.1) is 6.26 Å². The molecule has 0 aromatic rings. The van der Waals surface area contributed by atoms with Crippen molar-refractivity contribution < 1.29 is 13.2 Å². The molecule has 1 saturated heterocycles. The van der Waals surface area contributed by atoms with Crippen LogP contribution in [0.5, 0.6) is 0 Å². The lowest BCUT2D eigenvalue weighted by Crippen LogP contribution is -2.51. The van der Waals surface area contributed by atoms with Gasteiger partial charge in [-0.3, -0.25) is 4.79 Å². The number of allylic oxidation sites excluding steroid dienone is 2. The molecule has 2 saturated carbocycles. The van der Waals surface area contributed by atoms with Crippen molar-refractivity contribution >= 4 is 27.9 Å². The normalized spacial score (nSPS) is 45.6. The third kappa shape index (κ3) is 2.95. The predicted molar refractivity (Wildman–Crippen MR) is 108 cm³/mol. The molecule has 0 aromatic heterocycles. The van der Waals surface area contributed by atoms with Crippen molar-refractivity contribution in [2.24, 2.45) is 34.5 Å². The second kappa shape index (κ2) is 6.56. The predicted octanol–water partition coefficient (Wildman–Crippen LogP) is 4.20. The lowest BCUT2D eigenvalue weighted by molar-refractivity contribution is -0.105. The Bertz CT molecular complexity index is 778. The zero-order valence-electron chi connectivity index (χ0n) is 16.7. The summed E-state index contributed by atoms with van der Waals surface area (Å²) in [5, 5.41) is 0.817. The summed E-state index contributed by atoms with van der Waals surface area (Å²) < 4.78 is 25.9. The van der Waals surface area contributed by atoms with E-state index in [1.807, 2.05) is 0 Å². The standard InChI is InChI=1S/C21H32ClNO3S/c1-20-9-11-23(27(3,25)26)10-7-15(20)4-5-16-17(20)6-8-21(2)18(16)12-14(13-24)19(21)22/h13,15-18H,4-12H2,1-3H3/t15?,16-,17+,18+,20+,21+/m1/s1. The molecular formula is C21H32ClNO3S. The minimum absolute atomic E-state index is 0.0360. The van der Waals surface area contributed by atoms with Crippen molar-refractivity contribution in [1.82, 2.24) is 4.31 Å². The highest BCUT2D eigenvalue weighted by atomic mass is 35.5. The second-order valence-electron chi connectivity index (χ2n) is 9.97. The van der Waals surface area contributed by atoms with Gasteiger partial charge >= 0.3 is 0 Å². The van der Waals surface area contributed by atoms with Crippen LogP contribution in [0.1, 0.15) is 58.8 Å². The summed E-state index contributed by atoms with van der Waals surface area (Å²) in [6.07, 6.45) is 9.64. The summed E-state index contributed by atoms with van der Waals surface area (Å²) in [7, 11) is -3.12. The van der Waals surface area contributed by atoms with E-state index < -0.39 is 10.0 Å². The molecule has 1 unspecified atom stereocenters. The highest BCUT2D eigenvalue weighted by Crippen LogP contribution is 2.66. The molecule has 3 fully saturated rings. The Morgan fingerprint density at radius 1 is 1.07 bits per heavy atom. The zero-order chi connectivity index (χ0) is 19.6. The smallest absolute Gasteiger partial charge is 0.211 e. The molecule has 0 N–H and O–H groups in total. The summed E-state index contributed by atoms with van der Waals surface area (Å²) in [4.78, 5) is 11.5. The average Bonchev–Trinajstić information content (AvgIpc) is 2.75. The van der Waals surface area contributed by atoms with Crippen molar-refractivity contribution in [3.63, 3.8) is 0 Å². The van der Waals surface area contributed by atoms with Crippen LogP contribution >= 0.6 is 11.6 Å². The Labute approximate surface area is 168 Å². The first-order valence-corrected chi connectivity index (χ1v) is 12.6. The maximum absolute atomic E-state index is 12.1. The Balaban J connectivity index is 1.62. The number of fused-ring (bicyclic) bond motifs is 5. The summed E-state index contributed by atoms with van der Waals surface area (Å²) in [5.41, 5.74) is 0.979. The molecule has 3 aliphatic carbocycles. The van der Waals surface area contributed by atoms with Crippen molar-refractivity contribution in [1.29, 1.82) is 0 Å². The maximum Gasteiger partial charge on any atom is 0.211 e. The van der Waals surface area contributed by atoms with E-state index in [2.05, 4.69) is 13.8 Å². The first kappa shape index (κ1) is 19.9. The zero-order valence-corrected chi connectivity index (χ0v) is 18.3. The molecule has 1 aliphatic heterocycles. The fourth-order valence-corrected chi connectivity index (χ4v) is 8.49. The van der Waals surface area contributed by atoms with Gasteiger partial charge in [-0.05, 0) is 74.0 Å². The molecule has 6 heteroatoms. The van der Waals surface area contributed by atoms with E-state index >= 15 is 0 Å². The monoisotopic (exact) mass is 413 g/mol. The van der Waals surface area contributed by atoms with E-state index in [-0.39, 0.29) is 10.8 Å². The van der Waals surface area contributed by atoms with Crippen molar-refractivity contribution in [3.05, 3.63) is 10.6 Å². The van der Waals surface area contributed by atoms with Crippen molar-refractivity contribution in [2.75, 3.05) is 19.3 Å². The Kier molecular flexibility index (Phi) is 4.84. The fraction of sp³-hybridized carbons (Fsp3) is 0.857. The summed E-state index contributed by atoms with van der Waals surface area (Å²) >= 11 is 6.67. The van der Waals surface area contributed by atoms with Crippen LogP contribution in [0, 0.1) is 34.5 Å². The molecule has 4 aliphatic rings. The quantitative estimate of drug-likeness (QED) is 0.637. The van der Waals surface area contributed by atoms with E-state index in [0.29, 0.717) is 36.8 Å². The molecule has 0 radical (unpaired) electrons. The van der Waals surface area contributed by atoms with Gasteiger partial charge in [0, 0.05) is 29.1 Å². The van der Waals surface area contributed by atoms with Gasteiger partial charge in [-0.15, -0.1) is 0 Å². The minimum Gasteiger partial charge on any atom is -0.298 e. The van der Waals surface area contributed by atoms with Gasteiger partial charge in [-0.2, -0.15) is 0 Å². The van der Waals surface area contributed by atoms with Crippen LogP contribution < -0.4 is 0 Å². The molecule has 4 nitrogen and oxygen atoms in total. The van der Waals surface area contributed by atoms with E-state index in [9.17, 15) is 13.2 Å². The summed E-state index contributed by atoms with van der Waals surface area (Å²) in [6.45, 7) is 6.00. The van der Waals surface area contributed by atoms with Crippen molar-refractivity contribution in [2.45, 2.75) is 58.8 Å². The number of halogens is 1. The first-order chi connectivity index (χ1) is 12.6. The lowest BCUT2D eigenvalue weighted by atomic mass is 9.47. The maximum atomic E-state index is 12.1. The molecule has 0 amide bonds. The number of aldehydes is 1. The number of hydrogen-bond donors (Lipinski definition) is 0. The van der Waals surface area contributed by atoms with Crippen molar-refractivity contribution in [3.8, 4) is 0 Å². The van der Waals surface area contributed by atoms with Gasteiger partial charge in [-0.25, -0.2) is 12.7 Å². The molecule has 0 spiro atoms. The SMILES string of the molecule is C[C@]12CCN(S(C)(=O)=O)CCC1CC[C@@H]1[C@@H]2CC[C@]2(C)C(Cl)=C(C=O)C[C@@H]12. The van der Waals surface area contributed by atoms with Gasteiger partial charge in [0.25, 0.3) is 0 Å². The molecule has 152 valence electrons. The van der Waals surface area contributed by atoms with E-state index in [1.165, 1.54) is 19.1 Å². The number of nitrogens with zero attached hydrogens (tertiary/aromatic N) is 1. The number of carbonyl (C=O) groups excluding carboxylic acids is 1. The molecule has 27 heavy (non-hydrogen) atoms. The topological polar surface area (TPSA) is 54.5 Å². The number of sulfonamides is 1. The third-order valence-electron chi connectivity index (χ3n) is 8.92. The van der Waals surface area contributed by atoms with Gasteiger partial charge in [0.1, 0.15) is 6.29 Å². The molecular weight excluding hydrogens is 382 g/mol. The lowest BCUT2D eigenvalue weighted by Gasteiger charge is -2.58. The Hall–Kier alpha value is -0.390. The Morgan fingerprint density at radius 3 is 2.48 bits per heavy atom. The highest BCUT2D eigenvalue weighted by Gasteiger charge is 2.59. The molecule has 1 heterocycles. The van der Waals surface area contributed by atoms with Crippen LogP contribution in [-0.4, -0.2) is 38.4 Å². The molecule has 6 atom stereocenters. The van der Waals surface area contributed by atoms with Crippen LogP contribution in [0.25, 0.3) is 0 Å². The van der Waals surface area contributed by atoms with Crippen LogP contribution in [0.2, 0.25) is 0 Å². The fourth-order valence-electron chi connectivity index (χ4n) is 7.27. The first-order valence-electron chi connectivity index (χ1n) is 10.4.